The molecule has 0 radical (unpaired) electrons. The molecule has 0 aromatic heterocycles. The highest BCUT2D eigenvalue weighted by Crippen LogP contribution is 2.26. The zero-order valence-corrected chi connectivity index (χ0v) is 20.6. The zero-order valence-electron chi connectivity index (χ0n) is 19.0. The lowest BCUT2D eigenvalue weighted by atomic mass is 9.97. The molecule has 1 atom stereocenters. The molecule has 0 N–H and O–H groups in total. The number of piperidine rings is 1. The maximum atomic E-state index is 13.3. The topological polar surface area (TPSA) is 60.9 Å². The number of carbonyl (C=O) groups excluding carboxylic acids is 1. The predicted octanol–water partition coefficient (Wildman–Crippen LogP) is 3.85. The summed E-state index contributed by atoms with van der Waals surface area (Å²) in [7, 11) is 0.416. The predicted molar refractivity (Wildman–Crippen MR) is 128 cm³/mol. The number of rotatable bonds is 8. The minimum absolute atomic E-state index is 0.0147. The molecule has 0 aliphatic carbocycles. The molecule has 0 spiro atoms. The molecular formula is C24H32ClN3O3S. The van der Waals surface area contributed by atoms with Crippen LogP contribution in [0.15, 0.2) is 53.4 Å². The smallest absolute Gasteiger partial charge is 0.243 e. The van der Waals surface area contributed by atoms with Crippen LogP contribution in [-0.4, -0.2) is 62.2 Å². The summed E-state index contributed by atoms with van der Waals surface area (Å²) >= 11 is 5.90. The highest BCUT2D eigenvalue weighted by molar-refractivity contribution is 7.89. The third kappa shape index (κ3) is 6.10. The molecular weight excluding hydrogens is 446 g/mol. The van der Waals surface area contributed by atoms with Crippen molar-refractivity contribution in [3.8, 4) is 0 Å². The van der Waals surface area contributed by atoms with Crippen molar-refractivity contribution in [3.05, 3.63) is 64.7 Å². The number of halogens is 1. The monoisotopic (exact) mass is 477 g/mol. The molecule has 1 amide bonds. The van der Waals surface area contributed by atoms with Gasteiger partial charge in [-0.05, 0) is 69.3 Å². The number of amides is 1. The summed E-state index contributed by atoms with van der Waals surface area (Å²) in [6.45, 7) is 4.58. The Morgan fingerprint density at radius 2 is 1.62 bits per heavy atom. The highest BCUT2D eigenvalue weighted by atomic mass is 35.5. The lowest BCUT2D eigenvalue weighted by Gasteiger charge is -2.34. The minimum atomic E-state index is -3.65. The summed E-state index contributed by atoms with van der Waals surface area (Å²) in [5.41, 5.74) is 2.30. The van der Waals surface area contributed by atoms with E-state index in [0.717, 1.165) is 12.1 Å². The van der Waals surface area contributed by atoms with E-state index in [4.69, 9.17) is 11.6 Å². The van der Waals surface area contributed by atoms with Gasteiger partial charge in [0, 0.05) is 37.7 Å². The Balaban J connectivity index is 1.68. The number of nitrogens with zero attached hydrogens (tertiary/aromatic N) is 3. The van der Waals surface area contributed by atoms with Gasteiger partial charge < -0.3 is 9.80 Å². The molecule has 32 heavy (non-hydrogen) atoms. The van der Waals surface area contributed by atoms with Crippen molar-refractivity contribution in [2.24, 2.45) is 5.92 Å². The summed E-state index contributed by atoms with van der Waals surface area (Å²) in [5, 5.41) is 0.490. The molecule has 0 bridgehead atoms. The van der Waals surface area contributed by atoms with E-state index in [1.54, 1.807) is 12.1 Å². The van der Waals surface area contributed by atoms with Crippen LogP contribution >= 0.6 is 11.6 Å². The average Bonchev–Trinajstić information content (AvgIpc) is 2.78. The zero-order chi connectivity index (χ0) is 23.3. The summed E-state index contributed by atoms with van der Waals surface area (Å²) in [6, 6.07) is 14.5. The van der Waals surface area contributed by atoms with E-state index in [1.165, 1.54) is 22.0 Å². The van der Waals surface area contributed by atoms with Crippen LogP contribution in [0.1, 0.15) is 30.9 Å². The van der Waals surface area contributed by atoms with Crippen molar-refractivity contribution in [2.45, 2.75) is 37.8 Å². The molecule has 2 aromatic rings. The number of carbonyl (C=O) groups is 1. The average molecular weight is 478 g/mol. The molecule has 1 unspecified atom stereocenters. The van der Waals surface area contributed by atoms with Crippen molar-refractivity contribution in [1.82, 2.24) is 14.1 Å². The van der Waals surface area contributed by atoms with Gasteiger partial charge in [-0.3, -0.25) is 4.79 Å². The molecule has 1 aliphatic rings. The second-order valence-electron chi connectivity index (χ2n) is 8.56. The standard InChI is InChI=1S/C24H32ClN3O3S/c1-4-27(17-20-9-7-19(8-10-20)16-26(2)3)24(29)21-6-5-15-28(18-21)32(30,31)23-13-11-22(25)12-14-23/h7-14,21H,4-6,15-18H2,1-3H3. The fourth-order valence-corrected chi connectivity index (χ4v) is 5.71. The first-order chi connectivity index (χ1) is 15.2. The maximum absolute atomic E-state index is 13.3. The van der Waals surface area contributed by atoms with E-state index >= 15 is 0 Å². The van der Waals surface area contributed by atoms with Crippen molar-refractivity contribution < 1.29 is 13.2 Å². The van der Waals surface area contributed by atoms with Crippen molar-refractivity contribution >= 4 is 27.5 Å². The van der Waals surface area contributed by atoms with Gasteiger partial charge in [-0.15, -0.1) is 0 Å². The Kier molecular flexibility index (Phi) is 8.33. The van der Waals surface area contributed by atoms with E-state index in [2.05, 4.69) is 29.2 Å². The fourth-order valence-electron chi connectivity index (χ4n) is 4.06. The number of benzene rings is 2. The molecule has 1 heterocycles. The lowest BCUT2D eigenvalue weighted by Crippen LogP contribution is -2.46. The summed E-state index contributed by atoms with van der Waals surface area (Å²) in [5.74, 6) is -0.320. The van der Waals surface area contributed by atoms with Crippen LogP contribution in [-0.2, 0) is 27.9 Å². The first-order valence-electron chi connectivity index (χ1n) is 11.0. The SMILES string of the molecule is CCN(Cc1ccc(CN(C)C)cc1)C(=O)C1CCCN(S(=O)(=O)c2ccc(Cl)cc2)C1. The van der Waals surface area contributed by atoms with Gasteiger partial charge in [0.15, 0.2) is 0 Å². The van der Waals surface area contributed by atoms with Gasteiger partial charge in [0.2, 0.25) is 15.9 Å². The third-order valence-corrected chi connectivity index (χ3v) is 7.90. The molecule has 8 heteroatoms. The van der Waals surface area contributed by atoms with E-state index < -0.39 is 10.0 Å². The molecule has 6 nitrogen and oxygen atoms in total. The van der Waals surface area contributed by atoms with Crippen LogP contribution in [0.5, 0.6) is 0 Å². The Labute approximate surface area is 196 Å². The highest BCUT2D eigenvalue weighted by Gasteiger charge is 2.34. The van der Waals surface area contributed by atoms with Gasteiger partial charge in [0.05, 0.1) is 10.8 Å². The van der Waals surface area contributed by atoms with Gasteiger partial charge >= 0.3 is 0 Å². The summed E-state index contributed by atoms with van der Waals surface area (Å²) in [6.07, 6.45) is 1.36. The van der Waals surface area contributed by atoms with Crippen LogP contribution in [0, 0.1) is 5.92 Å². The quantitative estimate of drug-likeness (QED) is 0.579. The van der Waals surface area contributed by atoms with Crippen LogP contribution in [0.25, 0.3) is 0 Å². The van der Waals surface area contributed by atoms with E-state index in [9.17, 15) is 13.2 Å². The van der Waals surface area contributed by atoms with E-state index in [1.807, 2.05) is 25.9 Å². The van der Waals surface area contributed by atoms with Gasteiger partial charge in [-0.2, -0.15) is 4.31 Å². The van der Waals surface area contributed by atoms with Crippen LogP contribution in [0.4, 0.5) is 0 Å². The maximum Gasteiger partial charge on any atom is 0.243 e. The van der Waals surface area contributed by atoms with Crippen molar-refractivity contribution in [2.75, 3.05) is 33.7 Å². The van der Waals surface area contributed by atoms with Gasteiger partial charge in [0.25, 0.3) is 0 Å². The van der Waals surface area contributed by atoms with Crippen LogP contribution < -0.4 is 0 Å². The third-order valence-electron chi connectivity index (χ3n) is 5.77. The Morgan fingerprint density at radius 3 is 2.19 bits per heavy atom. The Morgan fingerprint density at radius 1 is 1.03 bits per heavy atom. The molecule has 1 aliphatic heterocycles. The Bertz CT molecular complexity index is 1010. The number of hydrogen-bond acceptors (Lipinski definition) is 4. The van der Waals surface area contributed by atoms with Crippen molar-refractivity contribution in [1.29, 1.82) is 0 Å². The second kappa shape index (κ2) is 10.8. The van der Waals surface area contributed by atoms with Crippen LogP contribution in [0.3, 0.4) is 0 Å². The number of sulfonamides is 1. The number of hydrogen-bond donors (Lipinski definition) is 0. The fraction of sp³-hybridized carbons (Fsp3) is 0.458. The van der Waals surface area contributed by atoms with E-state index in [0.29, 0.717) is 37.5 Å². The molecule has 2 aromatic carbocycles. The molecule has 0 saturated carbocycles. The molecule has 3 rings (SSSR count). The molecule has 1 fully saturated rings. The first-order valence-corrected chi connectivity index (χ1v) is 12.8. The van der Waals surface area contributed by atoms with E-state index in [-0.39, 0.29) is 23.3 Å². The largest absolute Gasteiger partial charge is 0.338 e. The van der Waals surface area contributed by atoms with Gasteiger partial charge in [-0.1, -0.05) is 35.9 Å². The Hall–Kier alpha value is -1.93. The molecule has 174 valence electrons. The minimum Gasteiger partial charge on any atom is -0.338 e. The lowest BCUT2D eigenvalue weighted by molar-refractivity contribution is -0.137. The van der Waals surface area contributed by atoms with Crippen molar-refractivity contribution in [3.63, 3.8) is 0 Å². The van der Waals surface area contributed by atoms with Crippen LogP contribution in [0.2, 0.25) is 5.02 Å². The normalized spacial score (nSPS) is 17.5. The second-order valence-corrected chi connectivity index (χ2v) is 10.9. The summed E-state index contributed by atoms with van der Waals surface area (Å²) < 4.78 is 27.6. The van der Waals surface area contributed by atoms with Gasteiger partial charge in [-0.25, -0.2) is 8.42 Å². The van der Waals surface area contributed by atoms with Gasteiger partial charge in [0.1, 0.15) is 0 Å². The first kappa shape index (κ1) is 24.7. The summed E-state index contributed by atoms with van der Waals surface area (Å²) in [4.78, 5) is 17.4. The molecule has 1 saturated heterocycles.